The van der Waals surface area contributed by atoms with Gasteiger partial charge in [-0.05, 0) is 42.8 Å². The van der Waals surface area contributed by atoms with Crippen LogP contribution in [0.25, 0.3) is 22.2 Å². The van der Waals surface area contributed by atoms with E-state index in [2.05, 4.69) is 10.6 Å². The minimum atomic E-state index is -0.272. The highest BCUT2D eigenvalue weighted by Gasteiger charge is 2.17. The number of fused-ring (bicyclic) bond motifs is 1. The van der Waals surface area contributed by atoms with Gasteiger partial charge in [-0.1, -0.05) is 18.2 Å². The van der Waals surface area contributed by atoms with E-state index in [9.17, 15) is 9.65 Å². The quantitative estimate of drug-likeness (QED) is 0.677. The Kier molecular flexibility index (Phi) is 3.00. The van der Waals surface area contributed by atoms with Gasteiger partial charge in [-0.2, -0.15) is 5.26 Å². The van der Waals surface area contributed by atoms with Gasteiger partial charge in [0, 0.05) is 17.4 Å². The molecular formula is C17H13FN2. The van der Waals surface area contributed by atoms with Crippen molar-refractivity contribution in [1.82, 2.24) is 4.57 Å². The summed E-state index contributed by atoms with van der Waals surface area (Å²) in [6.45, 7) is 2.80. The smallest absolute Gasteiger partial charge is 0.123 e. The first kappa shape index (κ1) is 12.4. The lowest BCUT2D eigenvalue weighted by Crippen LogP contribution is -1.97. The Bertz CT molecular complexity index is 807. The van der Waals surface area contributed by atoms with Gasteiger partial charge in [-0.3, -0.25) is 0 Å². The topological polar surface area (TPSA) is 28.7 Å². The van der Waals surface area contributed by atoms with E-state index in [4.69, 9.17) is 0 Å². The highest BCUT2D eigenvalue weighted by Crippen LogP contribution is 2.33. The summed E-state index contributed by atoms with van der Waals surface area (Å²) in [4.78, 5) is 0. The van der Waals surface area contributed by atoms with Crippen molar-refractivity contribution in [2.45, 2.75) is 13.5 Å². The number of benzene rings is 2. The molecule has 0 saturated heterocycles. The van der Waals surface area contributed by atoms with Crippen LogP contribution in [0.2, 0.25) is 0 Å². The normalized spacial score (nSPS) is 10.7. The monoisotopic (exact) mass is 264 g/mol. The first-order valence-electron chi connectivity index (χ1n) is 6.53. The van der Waals surface area contributed by atoms with Crippen molar-refractivity contribution in [3.05, 3.63) is 59.9 Å². The van der Waals surface area contributed by atoms with Crippen molar-refractivity contribution < 1.29 is 4.39 Å². The summed E-state index contributed by atoms with van der Waals surface area (Å²) in [5.41, 5.74) is 3.40. The van der Waals surface area contributed by atoms with E-state index >= 15 is 0 Å². The fraction of sp³-hybridized carbons (Fsp3) is 0.118. The van der Waals surface area contributed by atoms with Gasteiger partial charge < -0.3 is 4.57 Å². The maximum Gasteiger partial charge on any atom is 0.123 e. The molecule has 2 nitrogen and oxygen atoms in total. The SMILES string of the molecule is CCn1c(-c2ccc(F)cc2)c(C#N)c2ccccc21. The highest BCUT2D eigenvalue weighted by atomic mass is 19.1. The van der Waals surface area contributed by atoms with Crippen LogP contribution in [0.4, 0.5) is 4.39 Å². The molecular weight excluding hydrogens is 251 g/mol. The molecule has 1 heterocycles. The van der Waals surface area contributed by atoms with Crippen LogP contribution in [0, 0.1) is 17.1 Å². The Labute approximate surface area is 116 Å². The molecule has 2 aromatic carbocycles. The van der Waals surface area contributed by atoms with Gasteiger partial charge >= 0.3 is 0 Å². The van der Waals surface area contributed by atoms with E-state index in [1.165, 1.54) is 12.1 Å². The molecule has 0 N–H and O–H groups in total. The van der Waals surface area contributed by atoms with Crippen molar-refractivity contribution in [3.8, 4) is 17.3 Å². The van der Waals surface area contributed by atoms with Crippen molar-refractivity contribution in [1.29, 1.82) is 5.26 Å². The molecule has 0 fully saturated rings. The van der Waals surface area contributed by atoms with Gasteiger partial charge in [-0.15, -0.1) is 0 Å². The predicted molar refractivity (Wildman–Crippen MR) is 77.7 cm³/mol. The average molecular weight is 264 g/mol. The zero-order valence-corrected chi connectivity index (χ0v) is 11.1. The molecule has 0 aliphatic heterocycles. The van der Waals surface area contributed by atoms with Gasteiger partial charge in [0.15, 0.2) is 0 Å². The Hall–Kier alpha value is -2.60. The van der Waals surface area contributed by atoms with Crippen molar-refractivity contribution in [2.75, 3.05) is 0 Å². The van der Waals surface area contributed by atoms with Crippen LogP contribution >= 0.6 is 0 Å². The van der Waals surface area contributed by atoms with Gasteiger partial charge in [0.05, 0.1) is 11.3 Å². The summed E-state index contributed by atoms with van der Waals surface area (Å²) in [5.74, 6) is -0.272. The van der Waals surface area contributed by atoms with Crippen LogP contribution in [-0.4, -0.2) is 4.57 Å². The molecule has 3 rings (SSSR count). The molecule has 0 amide bonds. The molecule has 0 spiro atoms. The molecule has 0 unspecified atom stereocenters. The number of aromatic nitrogens is 1. The molecule has 0 saturated carbocycles. The first-order valence-corrected chi connectivity index (χ1v) is 6.53. The second-order valence-corrected chi connectivity index (χ2v) is 4.60. The lowest BCUT2D eigenvalue weighted by atomic mass is 10.1. The number of aryl methyl sites for hydroxylation is 1. The lowest BCUT2D eigenvalue weighted by molar-refractivity contribution is 0.628. The van der Waals surface area contributed by atoms with Crippen LogP contribution < -0.4 is 0 Å². The molecule has 20 heavy (non-hydrogen) atoms. The maximum absolute atomic E-state index is 13.1. The summed E-state index contributed by atoms with van der Waals surface area (Å²) in [6, 6.07) is 16.4. The van der Waals surface area contributed by atoms with Gasteiger partial charge in [0.25, 0.3) is 0 Å². The first-order chi connectivity index (χ1) is 9.76. The Morgan fingerprint density at radius 1 is 1.10 bits per heavy atom. The summed E-state index contributed by atoms with van der Waals surface area (Å²) in [5, 5.41) is 10.4. The molecule has 1 aromatic heterocycles. The molecule has 0 aliphatic rings. The minimum absolute atomic E-state index is 0.272. The van der Waals surface area contributed by atoms with Crippen LogP contribution in [0.1, 0.15) is 12.5 Å². The predicted octanol–water partition coefficient (Wildman–Crippen LogP) is 4.34. The van der Waals surface area contributed by atoms with Gasteiger partial charge in [-0.25, -0.2) is 4.39 Å². The summed E-state index contributed by atoms with van der Waals surface area (Å²) >= 11 is 0. The third-order valence-corrected chi connectivity index (χ3v) is 3.52. The number of halogens is 1. The summed E-state index contributed by atoms with van der Waals surface area (Å²) < 4.78 is 15.2. The van der Waals surface area contributed by atoms with Crippen LogP contribution in [0.3, 0.4) is 0 Å². The lowest BCUT2D eigenvalue weighted by Gasteiger charge is -2.08. The molecule has 0 radical (unpaired) electrons. The Morgan fingerprint density at radius 3 is 2.45 bits per heavy atom. The van der Waals surface area contributed by atoms with Crippen LogP contribution in [0.5, 0.6) is 0 Å². The zero-order chi connectivity index (χ0) is 14.1. The second-order valence-electron chi connectivity index (χ2n) is 4.60. The van der Waals surface area contributed by atoms with Gasteiger partial charge in [0.1, 0.15) is 11.9 Å². The molecule has 98 valence electrons. The average Bonchev–Trinajstić information content (AvgIpc) is 2.81. The van der Waals surface area contributed by atoms with Crippen molar-refractivity contribution in [2.24, 2.45) is 0 Å². The van der Waals surface area contributed by atoms with Crippen LogP contribution in [-0.2, 0) is 6.54 Å². The third kappa shape index (κ3) is 1.78. The number of rotatable bonds is 2. The fourth-order valence-electron chi connectivity index (χ4n) is 2.65. The zero-order valence-electron chi connectivity index (χ0n) is 11.1. The van der Waals surface area contributed by atoms with E-state index in [1.54, 1.807) is 12.1 Å². The largest absolute Gasteiger partial charge is 0.340 e. The fourth-order valence-corrected chi connectivity index (χ4v) is 2.65. The highest BCUT2D eigenvalue weighted by molar-refractivity contribution is 5.94. The maximum atomic E-state index is 13.1. The second kappa shape index (κ2) is 4.82. The molecule has 0 atom stereocenters. The number of nitrogens with zero attached hydrogens (tertiary/aromatic N) is 2. The molecule has 0 bridgehead atoms. The number of hydrogen-bond donors (Lipinski definition) is 0. The standard InChI is InChI=1S/C17H13FN2/c1-2-20-16-6-4-3-5-14(16)15(11-19)17(20)12-7-9-13(18)10-8-12/h3-10H,2H2,1H3. The molecule has 3 heteroatoms. The van der Waals surface area contributed by atoms with Crippen molar-refractivity contribution in [3.63, 3.8) is 0 Å². The summed E-state index contributed by atoms with van der Waals surface area (Å²) in [6.07, 6.45) is 0. The van der Waals surface area contributed by atoms with E-state index in [-0.39, 0.29) is 5.82 Å². The number of hydrogen-bond acceptors (Lipinski definition) is 1. The van der Waals surface area contributed by atoms with Gasteiger partial charge in [0.2, 0.25) is 0 Å². The van der Waals surface area contributed by atoms with E-state index in [0.717, 1.165) is 28.7 Å². The summed E-state index contributed by atoms with van der Waals surface area (Å²) in [7, 11) is 0. The Morgan fingerprint density at radius 2 is 1.80 bits per heavy atom. The van der Waals surface area contributed by atoms with Crippen molar-refractivity contribution >= 4 is 10.9 Å². The molecule has 0 aliphatic carbocycles. The van der Waals surface area contributed by atoms with E-state index in [1.807, 2.05) is 31.2 Å². The minimum Gasteiger partial charge on any atom is -0.340 e. The number of nitriles is 1. The Balaban J connectivity index is 2.39. The van der Waals surface area contributed by atoms with E-state index < -0.39 is 0 Å². The third-order valence-electron chi connectivity index (χ3n) is 3.52. The number of para-hydroxylation sites is 1. The van der Waals surface area contributed by atoms with Crippen LogP contribution in [0.15, 0.2) is 48.5 Å². The molecule has 3 aromatic rings. The van der Waals surface area contributed by atoms with E-state index in [0.29, 0.717) is 5.56 Å².